The lowest BCUT2D eigenvalue weighted by Gasteiger charge is -2.23. The minimum absolute atomic E-state index is 0.176. The lowest BCUT2D eigenvalue weighted by Crippen LogP contribution is -2.35. The molecule has 0 aromatic carbocycles. The Labute approximate surface area is 145 Å². The third kappa shape index (κ3) is 10.2. The Morgan fingerprint density at radius 1 is 0.875 bits per heavy atom. The van der Waals surface area contributed by atoms with Crippen molar-refractivity contribution in [2.45, 2.75) is 84.5 Å². The molecule has 0 bridgehead atoms. The Morgan fingerprint density at radius 3 is 1.83 bits per heavy atom. The molecule has 0 radical (unpaired) electrons. The number of ether oxygens (including phenoxy) is 2. The van der Waals surface area contributed by atoms with Gasteiger partial charge in [0.1, 0.15) is 0 Å². The number of rotatable bonds is 13. The van der Waals surface area contributed by atoms with E-state index in [2.05, 4.69) is 20.1 Å². The molecule has 0 amide bonds. The Morgan fingerprint density at radius 2 is 1.33 bits per heavy atom. The van der Waals surface area contributed by atoms with Crippen molar-refractivity contribution in [1.29, 1.82) is 0 Å². The highest BCUT2D eigenvalue weighted by molar-refractivity contribution is 5.87. The van der Waals surface area contributed by atoms with Gasteiger partial charge in [-0.3, -0.25) is 0 Å². The summed E-state index contributed by atoms with van der Waals surface area (Å²) in [5, 5.41) is 10.0. The second-order valence-corrected chi connectivity index (χ2v) is 6.21. The zero-order chi connectivity index (χ0) is 18.5. The van der Waals surface area contributed by atoms with Crippen LogP contribution < -0.4 is 0 Å². The minimum Gasteiger partial charge on any atom is -0.452 e. The van der Waals surface area contributed by atoms with Gasteiger partial charge in [0.05, 0.1) is 0 Å². The summed E-state index contributed by atoms with van der Waals surface area (Å²) < 4.78 is 10.1. The van der Waals surface area contributed by atoms with Crippen LogP contribution in [0.2, 0.25) is 0 Å². The summed E-state index contributed by atoms with van der Waals surface area (Å²) in [5.74, 6) is -1.31. The predicted molar refractivity (Wildman–Crippen MR) is 94.2 cm³/mol. The molecule has 0 saturated heterocycles. The van der Waals surface area contributed by atoms with E-state index in [1.807, 2.05) is 0 Å². The fourth-order valence-electron chi connectivity index (χ4n) is 2.09. The topological polar surface area (TPSA) is 72.8 Å². The van der Waals surface area contributed by atoms with E-state index in [-0.39, 0.29) is 11.1 Å². The van der Waals surface area contributed by atoms with Crippen molar-refractivity contribution in [3.05, 3.63) is 24.3 Å². The predicted octanol–water partition coefficient (Wildman–Crippen LogP) is 4.05. The van der Waals surface area contributed by atoms with Crippen LogP contribution in [-0.4, -0.2) is 29.4 Å². The molecule has 24 heavy (non-hydrogen) atoms. The molecule has 0 saturated carbocycles. The number of carbonyl (C=O) groups is 2. The maximum Gasteiger partial charge on any atom is 0.335 e. The molecule has 0 fully saturated rings. The van der Waals surface area contributed by atoms with Crippen LogP contribution in [0.3, 0.4) is 0 Å². The Balaban J connectivity index is 4.42. The van der Waals surface area contributed by atoms with E-state index in [4.69, 9.17) is 9.47 Å². The number of esters is 2. The summed E-state index contributed by atoms with van der Waals surface area (Å²) >= 11 is 0. The van der Waals surface area contributed by atoms with Crippen molar-refractivity contribution < 1.29 is 24.2 Å². The first-order valence-electron chi connectivity index (χ1n) is 8.70. The number of aliphatic hydroxyl groups is 1. The third-order valence-corrected chi connectivity index (χ3v) is 3.59. The fraction of sp³-hybridized carbons (Fsp3) is 0.684. The minimum atomic E-state index is -1.50. The molecule has 0 aliphatic rings. The first-order valence-corrected chi connectivity index (χ1v) is 8.70. The Kier molecular flexibility index (Phi) is 11.9. The van der Waals surface area contributed by atoms with Crippen molar-refractivity contribution in [3.63, 3.8) is 0 Å². The quantitative estimate of drug-likeness (QED) is 0.237. The lowest BCUT2D eigenvalue weighted by molar-refractivity contribution is -0.194. The molecule has 0 aromatic heterocycles. The number of unbranched alkanes of at least 4 members (excludes halogenated alkanes) is 6. The van der Waals surface area contributed by atoms with Crippen LogP contribution in [0.5, 0.6) is 0 Å². The standard InChI is InChI=1S/C19H32O5/c1-6-7-8-9-10-11-12-13-16(23-17(20)14(2)3)19(22)24-18(21)15(4)5/h16,19,22H,2,4,6-13H2,1,3,5H3. The van der Waals surface area contributed by atoms with E-state index < -0.39 is 24.3 Å². The summed E-state index contributed by atoms with van der Waals surface area (Å²) in [7, 11) is 0. The SMILES string of the molecule is C=C(C)C(=O)OC(O)C(CCCCCCCCC)OC(=O)C(=C)C. The molecule has 0 aliphatic carbocycles. The van der Waals surface area contributed by atoms with Crippen molar-refractivity contribution in [2.75, 3.05) is 0 Å². The number of hydrogen-bond acceptors (Lipinski definition) is 5. The summed E-state index contributed by atoms with van der Waals surface area (Å²) in [4.78, 5) is 23.2. The van der Waals surface area contributed by atoms with Gasteiger partial charge in [-0.15, -0.1) is 0 Å². The molecule has 5 nitrogen and oxygen atoms in total. The fourth-order valence-corrected chi connectivity index (χ4v) is 2.09. The van der Waals surface area contributed by atoms with Crippen molar-refractivity contribution in [1.82, 2.24) is 0 Å². The van der Waals surface area contributed by atoms with Crippen LogP contribution in [0.25, 0.3) is 0 Å². The molecular weight excluding hydrogens is 308 g/mol. The highest BCUT2D eigenvalue weighted by atomic mass is 16.7. The van der Waals surface area contributed by atoms with Gasteiger partial charge in [-0.25, -0.2) is 9.59 Å². The van der Waals surface area contributed by atoms with Crippen LogP contribution in [-0.2, 0) is 19.1 Å². The zero-order valence-electron chi connectivity index (χ0n) is 15.3. The van der Waals surface area contributed by atoms with Crippen molar-refractivity contribution >= 4 is 11.9 Å². The van der Waals surface area contributed by atoms with E-state index in [0.29, 0.717) is 6.42 Å². The van der Waals surface area contributed by atoms with Crippen LogP contribution in [0.1, 0.15) is 72.1 Å². The second kappa shape index (κ2) is 12.8. The van der Waals surface area contributed by atoms with E-state index in [9.17, 15) is 14.7 Å². The first-order chi connectivity index (χ1) is 11.3. The number of carbonyl (C=O) groups excluding carboxylic acids is 2. The third-order valence-electron chi connectivity index (χ3n) is 3.59. The van der Waals surface area contributed by atoms with Crippen LogP contribution in [0, 0.1) is 0 Å². The van der Waals surface area contributed by atoms with Gasteiger partial charge in [0.2, 0.25) is 6.29 Å². The average molecular weight is 340 g/mol. The normalized spacial score (nSPS) is 13.0. The van der Waals surface area contributed by atoms with Crippen molar-refractivity contribution in [3.8, 4) is 0 Å². The van der Waals surface area contributed by atoms with E-state index >= 15 is 0 Å². The van der Waals surface area contributed by atoms with E-state index in [1.165, 1.54) is 39.5 Å². The molecule has 0 aliphatic heterocycles. The molecule has 5 heteroatoms. The lowest BCUT2D eigenvalue weighted by atomic mass is 10.1. The molecule has 0 rings (SSSR count). The van der Waals surface area contributed by atoms with Gasteiger partial charge in [-0.05, 0) is 26.7 Å². The molecule has 2 atom stereocenters. The van der Waals surface area contributed by atoms with E-state index in [1.54, 1.807) is 0 Å². The number of aliphatic hydroxyl groups excluding tert-OH is 1. The van der Waals surface area contributed by atoms with Gasteiger partial charge in [-0.1, -0.05) is 58.6 Å². The summed E-state index contributed by atoms with van der Waals surface area (Å²) in [6.45, 7) is 12.2. The average Bonchev–Trinajstić information content (AvgIpc) is 2.52. The molecule has 0 heterocycles. The number of hydrogen-bond donors (Lipinski definition) is 1. The summed E-state index contributed by atoms with van der Waals surface area (Å²) in [6.07, 6.45) is 5.74. The summed E-state index contributed by atoms with van der Waals surface area (Å²) in [6, 6.07) is 0. The highest BCUT2D eigenvalue weighted by Gasteiger charge is 2.26. The van der Waals surface area contributed by atoms with Gasteiger partial charge >= 0.3 is 11.9 Å². The smallest absolute Gasteiger partial charge is 0.335 e. The second-order valence-electron chi connectivity index (χ2n) is 6.21. The zero-order valence-corrected chi connectivity index (χ0v) is 15.3. The highest BCUT2D eigenvalue weighted by Crippen LogP contribution is 2.16. The van der Waals surface area contributed by atoms with Gasteiger partial charge < -0.3 is 14.6 Å². The maximum atomic E-state index is 11.7. The maximum absolute atomic E-state index is 11.7. The van der Waals surface area contributed by atoms with Gasteiger partial charge in [0.15, 0.2) is 6.10 Å². The molecule has 1 N–H and O–H groups in total. The Bertz CT molecular complexity index is 427. The van der Waals surface area contributed by atoms with Gasteiger partial charge in [0.25, 0.3) is 0 Å². The largest absolute Gasteiger partial charge is 0.452 e. The molecule has 138 valence electrons. The molecule has 2 unspecified atom stereocenters. The van der Waals surface area contributed by atoms with Gasteiger partial charge in [-0.2, -0.15) is 0 Å². The van der Waals surface area contributed by atoms with Crippen molar-refractivity contribution in [2.24, 2.45) is 0 Å². The van der Waals surface area contributed by atoms with Crippen LogP contribution in [0.4, 0.5) is 0 Å². The van der Waals surface area contributed by atoms with Gasteiger partial charge in [0, 0.05) is 11.1 Å². The molecular formula is C19H32O5. The first kappa shape index (κ1) is 22.4. The summed E-state index contributed by atoms with van der Waals surface area (Å²) in [5.41, 5.74) is 0.410. The van der Waals surface area contributed by atoms with Crippen LogP contribution in [0.15, 0.2) is 24.3 Å². The van der Waals surface area contributed by atoms with Crippen LogP contribution >= 0.6 is 0 Å². The van der Waals surface area contributed by atoms with E-state index in [0.717, 1.165) is 19.3 Å². The Hall–Kier alpha value is -1.62. The monoisotopic (exact) mass is 340 g/mol. The molecule has 0 aromatic rings. The molecule has 0 spiro atoms.